The first-order valence-electron chi connectivity index (χ1n) is 7.29. The van der Waals surface area contributed by atoms with Gasteiger partial charge in [-0.05, 0) is 12.1 Å². The molecule has 1 aromatic heterocycles. The quantitative estimate of drug-likeness (QED) is 0.731. The Balaban J connectivity index is 1.61. The van der Waals surface area contributed by atoms with Gasteiger partial charge in [-0.3, -0.25) is 0 Å². The first-order valence-corrected chi connectivity index (χ1v) is 8.77. The number of hydrogen-bond donors (Lipinski definition) is 2. The van der Waals surface area contributed by atoms with Crippen LogP contribution in [0, 0.1) is 0 Å². The SMILES string of the molecule is O=S(=O)(NCCc1cnc(-c2ccccc2)[nH]1)c1ccccc1. The molecule has 0 atom stereocenters. The summed E-state index contributed by atoms with van der Waals surface area (Å²) in [5.41, 5.74) is 1.89. The van der Waals surface area contributed by atoms with Crippen molar-refractivity contribution >= 4 is 10.0 Å². The maximum absolute atomic E-state index is 12.1. The van der Waals surface area contributed by atoms with Crippen molar-refractivity contribution in [1.82, 2.24) is 14.7 Å². The van der Waals surface area contributed by atoms with Crippen LogP contribution in [-0.4, -0.2) is 24.9 Å². The van der Waals surface area contributed by atoms with Crippen molar-refractivity contribution in [3.05, 3.63) is 72.6 Å². The monoisotopic (exact) mass is 327 g/mol. The molecule has 0 aliphatic carbocycles. The highest BCUT2D eigenvalue weighted by atomic mass is 32.2. The number of imidazole rings is 1. The topological polar surface area (TPSA) is 74.8 Å². The minimum absolute atomic E-state index is 0.273. The third kappa shape index (κ3) is 3.85. The molecule has 0 spiro atoms. The second kappa shape index (κ2) is 6.76. The van der Waals surface area contributed by atoms with Crippen LogP contribution in [0.15, 0.2) is 71.8 Å². The van der Waals surface area contributed by atoms with Crippen LogP contribution in [0.25, 0.3) is 11.4 Å². The van der Waals surface area contributed by atoms with Gasteiger partial charge in [-0.2, -0.15) is 0 Å². The second-order valence-electron chi connectivity index (χ2n) is 5.08. The van der Waals surface area contributed by atoms with E-state index >= 15 is 0 Å². The Bertz CT molecular complexity index is 859. The molecular formula is C17H17N3O2S. The van der Waals surface area contributed by atoms with E-state index < -0.39 is 10.0 Å². The number of sulfonamides is 1. The molecule has 0 unspecified atom stereocenters. The Morgan fingerprint density at radius 3 is 2.30 bits per heavy atom. The van der Waals surface area contributed by atoms with Crippen LogP contribution >= 0.6 is 0 Å². The molecule has 2 aromatic carbocycles. The summed E-state index contributed by atoms with van der Waals surface area (Å²) in [6, 6.07) is 18.1. The Hall–Kier alpha value is -2.44. The summed E-state index contributed by atoms with van der Waals surface area (Å²) in [5, 5.41) is 0. The zero-order valence-corrected chi connectivity index (χ0v) is 13.3. The summed E-state index contributed by atoms with van der Waals surface area (Å²) in [7, 11) is -3.46. The average Bonchev–Trinajstić information content (AvgIpc) is 3.05. The zero-order chi connectivity index (χ0) is 16.1. The predicted molar refractivity (Wildman–Crippen MR) is 89.4 cm³/mol. The highest BCUT2D eigenvalue weighted by Crippen LogP contribution is 2.15. The number of aromatic amines is 1. The van der Waals surface area contributed by atoms with Crippen molar-refractivity contribution in [2.24, 2.45) is 0 Å². The summed E-state index contributed by atoms with van der Waals surface area (Å²) >= 11 is 0. The summed E-state index contributed by atoms with van der Waals surface area (Å²) < 4.78 is 26.8. The second-order valence-corrected chi connectivity index (χ2v) is 6.85. The third-order valence-electron chi connectivity index (χ3n) is 3.42. The Morgan fingerprint density at radius 2 is 1.61 bits per heavy atom. The van der Waals surface area contributed by atoms with E-state index in [0.717, 1.165) is 17.1 Å². The van der Waals surface area contributed by atoms with Crippen molar-refractivity contribution in [2.45, 2.75) is 11.3 Å². The van der Waals surface area contributed by atoms with Gasteiger partial charge in [-0.15, -0.1) is 0 Å². The van der Waals surface area contributed by atoms with Crippen molar-refractivity contribution in [3.63, 3.8) is 0 Å². The summed E-state index contributed by atoms with van der Waals surface area (Å²) in [4.78, 5) is 7.81. The van der Waals surface area contributed by atoms with Gasteiger partial charge < -0.3 is 4.98 Å². The van der Waals surface area contributed by atoms with Crippen molar-refractivity contribution in [3.8, 4) is 11.4 Å². The standard InChI is InChI=1S/C17H17N3O2S/c21-23(22,16-9-5-2-6-10-16)19-12-11-15-13-18-17(20-15)14-7-3-1-4-8-14/h1-10,13,19H,11-12H2,(H,18,20). The van der Waals surface area contributed by atoms with Crippen molar-refractivity contribution < 1.29 is 8.42 Å². The van der Waals surface area contributed by atoms with E-state index in [1.165, 1.54) is 0 Å². The molecule has 3 aromatic rings. The largest absolute Gasteiger partial charge is 0.342 e. The summed E-state index contributed by atoms with van der Waals surface area (Å²) in [6.45, 7) is 0.313. The van der Waals surface area contributed by atoms with Crippen LogP contribution in [0.4, 0.5) is 0 Å². The molecule has 0 bridgehead atoms. The van der Waals surface area contributed by atoms with Gasteiger partial charge >= 0.3 is 0 Å². The maximum atomic E-state index is 12.1. The number of aromatic nitrogens is 2. The molecule has 0 saturated carbocycles. The van der Waals surface area contributed by atoms with Crippen LogP contribution in [0.3, 0.4) is 0 Å². The molecule has 2 N–H and O–H groups in total. The highest BCUT2D eigenvalue weighted by Gasteiger charge is 2.12. The third-order valence-corrected chi connectivity index (χ3v) is 4.89. The fourth-order valence-electron chi connectivity index (χ4n) is 2.23. The number of H-pyrrole nitrogens is 1. The predicted octanol–water partition coefficient (Wildman–Crippen LogP) is 2.60. The van der Waals surface area contributed by atoms with Gasteiger partial charge in [-0.1, -0.05) is 48.5 Å². The zero-order valence-electron chi connectivity index (χ0n) is 12.4. The molecule has 0 fully saturated rings. The number of nitrogens with zero attached hydrogens (tertiary/aromatic N) is 1. The first-order chi connectivity index (χ1) is 11.1. The lowest BCUT2D eigenvalue weighted by atomic mass is 10.2. The van der Waals surface area contributed by atoms with Gasteiger partial charge in [0.2, 0.25) is 10.0 Å². The van der Waals surface area contributed by atoms with E-state index in [9.17, 15) is 8.42 Å². The fourth-order valence-corrected chi connectivity index (χ4v) is 3.28. The van der Waals surface area contributed by atoms with Gasteiger partial charge in [0.15, 0.2) is 0 Å². The van der Waals surface area contributed by atoms with Crippen LogP contribution in [-0.2, 0) is 16.4 Å². The van der Waals surface area contributed by atoms with E-state index in [1.807, 2.05) is 30.3 Å². The molecule has 23 heavy (non-hydrogen) atoms. The Labute approximate surface area is 135 Å². The lowest BCUT2D eigenvalue weighted by Crippen LogP contribution is -2.26. The molecule has 0 saturated heterocycles. The highest BCUT2D eigenvalue weighted by molar-refractivity contribution is 7.89. The number of rotatable bonds is 6. The number of nitrogens with one attached hydrogen (secondary N) is 2. The average molecular weight is 327 g/mol. The molecule has 1 heterocycles. The molecule has 5 nitrogen and oxygen atoms in total. The summed E-state index contributed by atoms with van der Waals surface area (Å²) in [6.07, 6.45) is 2.28. The first kappa shape index (κ1) is 15.5. The Morgan fingerprint density at radius 1 is 0.957 bits per heavy atom. The van der Waals surface area contributed by atoms with Gasteiger partial charge in [0.25, 0.3) is 0 Å². The molecule has 0 aliphatic heterocycles. The van der Waals surface area contributed by atoms with E-state index in [4.69, 9.17) is 0 Å². The van der Waals surface area contributed by atoms with Gasteiger partial charge in [0.05, 0.1) is 4.90 Å². The van der Waals surface area contributed by atoms with Gasteiger partial charge in [0.1, 0.15) is 5.82 Å². The number of benzene rings is 2. The minimum atomic E-state index is -3.46. The molecular weight excluding hydrogens is 310 g/mol. The normalized spacial score (nSPS) is 11.5. The molecule has 0 aliphatic rings. The van der Waals surface area contributed by atoms with E-state index in [1.54, 1.807) is 36.5 Å². The molecule has 6 heteroatoms. The van der Waals surface area contributed by atoms with Crippen molar-refractivity contribution in [2.75, 3.05) is 6.54 Å². The molecule has 3 rings (SSSR count). The van der Waals surface area contributed by atoms with E-state index in [2.05, 4.69) is 14.7 Å². The van der Waals surface area contributed by atoms with E-state index in [0.29, 0.717) is 13.0 Å². The van der Waals surface area contributed by atoms with Crippen molar-refractivity contribution in [1.29, 1.82) is 0 Å². The lowest BCUT2D eigenvalue weighted by Gasteiger charge is -2.05. The van der Waals surface area contributed by atoms with Crippen LogP contribution in [0.1, 0.15) is 5.69 Å². The van der Waals surface area contributed by atoms with E-state index in [-0.39, 0.29) is 4.90 Å². The molecule has 118 valence electrons. The smallest absolute Gasteiger partial charge is 0.240 e. The summed E-state index contributed by atoms with van der Waals surface area (Å²) in [5.74, 6) is 0.784. The lowest BCUT2D eigenvalue weighted by molar-refractivity contribution is 0.581. The maximum Gasteiger partial charge on any atom is 0.240 e. The molecule has 0 radical (unpaired) electrons. The van der Waals surface area contributed by atoms with Gasteiger partial charge in [-0.25, -0.2) is 18.1 Å². The van der Waals surface area contributed by atoms with Crippen LogP contribution in [0.5, 0.6) is 0 Å². The number of hydrogen-bond acceptors (Lipinski definition) is 3. The minimum Gasteiger partial charge on any atom is -0.342 e. The van der Waals surface area contributed by atoms with Gasteiger partial charge in [0, 0.05) is 30.4 Å². The fraction of sp³-hybridized carbons (Fsp3) is 0.118. The molecule has 0 amide bonds. The van der Waals surface area contributed by atoms with Crippen LogP contribution in [0.2, 0.25) is 0 Å². The Kier molecular flexibility index (Phi) is 4.55. The van der Waals surface area contributed by atoms with Crippen LogP contribution < -0.4 is 4.72 Å².